The van der Waals surface area contributed by atoms with E-state index in [1.807, 2.05) is 12.3 Å². The molecule has 0 unspecified atom stereocenters. The van der Waals surface area contributed by atoms with Crippen LogP contribution in [0.1, 0.15) is 18.4 Å². The smallest absolute Gasteiger partial charge is 0.0947 e. The Morgan fingerprint density at radius 2 is 2.40 bits per heavy atom. The lowest BCUT2D eigenvalue weighted by atomic mass is 10.0. The fourth-order valence-corrected chi connectivity index (χ4v) is 3.43. The number of rotatable bonds is 6. The normalized spacial score (nSPS) is 30.3. The van der Waals surface area contributed by atoms with Crippen molar-refractivity contribution < 1.29 is 13.9 Å². The van der Waals surface area contributed by atoms with Crippen LogP contribution in [-0.4, -0.2) is 43.4 Å². The summed E-state index contributed by atoms with van der Waals surface area (Å²) in [4.78, 5) is 2.53. The Balaban J connectivity index is 1.58. The van der Waals surface area contributed by atoms with Crippen molar-refractivity contribution in [3.05, 3.63) is 36.8 Å². The Morgan fingerprint density at radius 1 is 1.45 bits per heavy atom. The molecule has 0 radical (unpaired) electrons. The summed E-state index contributed by atoms with van der Waals surface area (Å²) in [6.45, 7) is 7.89. The molecule has 3 atom stereocenters. The molecule has 0 spiro atoms. The van der Waals surface area contributed by atoms with Crippen molar-refractivity contribution >= 4 is 0 Å². The molecule has 0 N–H and O–H groups in total. The second-order valence-corrected chi connectivity index (χ2v) is 5.67. The van der Waals surface area contributed by atoms with E-state index in [1.165, 1.54) is 18.4 Å². The van der Waals surface area contributed by atoms with Gasteiger partial charge in [-0.1, -0.05) is 6.08 Å². The Bertz CT molecular complexity index is 417. The van der Waals surface area contributed by atoms with Crippen LogP contribution in [0.3, 0.4) is 0 Å². The topological polar surface area (TPSA) is 34.8 Å². The molecule has 1 saturated heterocycles. The standard InChI is InChI=1S/C16H23NO3/c1-2-7-18-12-14-3-4-15-16(14)20-9-6-17(15)10-13-5-8-19-11-13/h2,5,8,11,14-16H,1,3-4,6-7,9-10,12H2/t14-,15+,16+/m0/s1. The van der Waals surface area contributed by atoms with Crippen molar-refractivity contribution in [1.82, 2.24) is 4.90 Å². The van der Waals surface area contributed by atoms with Crippen molar-refractivity contribution in [3.63, 3.8) is 0 Å². The molecule has 1 aromatic rings. The lowest BCUT2D eigenvalue weighted by molar-refractivity contribution is -0.0869. The van der Waals surface area contributed by atoms with Crippen LogP contribution >= 0.6 is 0 Å². The summed E-state index contributed by atoms with van der Waals surface area (Å²) < 4.78 is 16.8. The summed E-state index contributed by atoms with van der Waals surface area (Å²) in [5.74, 6) is 0.520. The zero-order chi connectivity index (χ0) is 13.8. The molecule has 1 aromatic heterocycles. The number of hydrogen-bond acceptors (Lipinski definition) is 4. The molecule has 2 heterocycles. The van der Waals surface area contributed by atoms with E-state index in [-0.39, 0.29) is 0 Å². The van der Waals surface area contributed by atoms with Crippen molar-refractivity contribution in [2.75, 3.05) is 26.4 Å². The van der Waals surface area contributed by atoms with Gasteiger partial charge >= 0.3 is 0 Å². The van der Waals surface area contributed by atoms with Crippen molar-refractivity contribution in [3.8, 4) is 0 Å². The van der Waals surface area contributed by atoms with E-state index in [0.29, 0.717) is 24.7 Å². The van der Waals surface area contributed by atoms with Gasteiger partial charge in [-0.15, -0.1) is 6.58 Å². The minimum Gasteiger partial charge on any atom is -0.472 e. The summed E-state index contributed by atoms with van der Waals surface area (Å²) in [7, 11) is 0. The number of morpholine rings is 1. The summed E-state index contributed by atoms with van der Waals surface area (Å²) in [6.07, 6.45) is 8.09. The fraction of sp³-hybridized carbons (Fsp3) is 0.625. The van der Waals surface area contributed by atoms with Gasteiger partial charge in [-0.2, -0.15) is 0 Å². The summed E-state index contributed by atoms with van der Waals surface area (Å²) in [5, 5.41) is 0. The quantitative estimate of drug-likeness (QED) is 0.591. The summed E-state index contributed by atoms with van der Waals surface area (Å²) in [6, 6.07) is 2.57. The second kappa shape index (κ2) is 6.57. The van der Waals surface area contributed by atoms with Crippen molar-refractivity contribution in [2.45, 2.75) is 31.5 Å². The Morgan fingerprint density at radius 3 is 3.20 bits per heavy atom. The SMILES string of the molecule is C=CCOC[C@@H]1CC[C@@H]2[C@@H]1OCCN2Cc1ccoc1. The summed E-state index contributed by atoms with van der Waals surface area (Å²) >= 11 is 0. The monoisotopic (exact) mass is 277 g/mol. The molecule has 1 aliphatic heterocycles. The lowest BCUT2D eigenvalue weighted by Gasteiger charge is -2.39. The average molecular weight is 277 g/mol. The first-order valence-electron chi connectivity index (χ1n) is 7.44. The van der Waals surface area contributed by atoms with Crippen LogP contribution in [0.5, 0.6) is 0 Å². The maximum atomic E-state index is 6.02. The van der Waals surface area contributed by atoms with Gasteiger partial charge in [-0.25, -0.2) is 0 Å². The van der Waals surface area contributed by atoms with Gasteiger partial charge in [0.15, 0.2) is 0 Å². The van der Waals surface area contributed by atoms with Gasteiger partial charge in [0.25, 0.3) is 0 Å². The zero-order valence-electron chi connectivity index (χ0n) is 11.9. The second-order valence-electron chi connectivity index (χ2n) is 5.67. The van der Waals surface area contributed by atoms with Gasteiger partial charge in [0.2, 0.25) is 0 Å². The van der Waals surface area contributed by atoms with E-state index in [4.69, 9.17) is 13.9 Å². The molecule has 20 heavy (non-hydrogen) atoms. The van der Waals surface area contributed by atoms with Crippen LogP contribution in [0.15, 0.2) is 35.7 Å². The molecule has 1 aliphatic carbocycles. The highest BCUT2D eigenvalue weighted by Crippen LogP contribution is 2.35. The maximum absolute atomic E-state index is 6.02. The average Bonchev–Trinajstić information content (AvgIpc) is 3.10. The first kappa shape index (κ1) is 13.9. The van der Waals surface area contributed by atoms with E-state index in [2.05, 4.69) is 11.5 Å². The van der Waals surface area contributed by atoms with Gasteiger partial charge < -0.3 is 13.9 Å². The van der Waals surface area contributed by atoms with Crippen LogP contribution in [0.25, 0.3) is 0 Å². The Hall–Kier alpha value is -1.10. The molecule has 0 bridgehead atoms. The third-order valence-corrected chi connectivity index (χ3v) is 4.37. The van der Waals surface area contributed by atoms with Crippen molar-refractivity contribution in [2.24, 2.45) is 5.92 Å². The molecule has 110 valence electrons. The molecule has 3 rings (SSSR count). The largest absolute Gasteiger partial charge is 0.472 e. The maximum Gasteiger partial charge on any atom is 0.0947 e. The number of ether oxygens (including phenoxy) is 2. The number of nitrogens with zero attached hydrogens (tertiary/aromatic N) is 1. The zero-order valence-corrected chi connectivity index (χ0v) is 11.9. The molecular weight excluding hydrogens is 254 g/mol. The van der Waals surface area contributed by atoms with E-state index in [0.717, 1.165) is 26.3 Å². The predicted octanol–water partition coefficient (Wildman–Crippen LogP) is 2.46. The number of fused-ring (bicyclic) bond motifs is 1. The van der Waals surface area contributed by atoms with Gasteiger partial charge in [0.05, 0.1) is 38.5 Å². The van der Waals surface area contributed by atoms with Crippen LogP contribution in [0.2, 0.25) is 0 Å². The molecule has 0 amide bonds. The van der Waals surface area contributed by atoms with E-state index in [9.17, 15) is 0 Å². The first-order valence-corrected chi connectivity index (χ1v) is 7.44. The highest BCUT2D eigenvalue weighted by molar-refractivity contribution is 5.07. The van der Waals surface area contributed by atoms with Gasteiger partial charge in [-0.05, 0) is 18.9 Å². The number of hydrogen-bond donors (Lipinski definition) is 0. The van der Waals surface area contributed by atoms with Crippen LogP contribution in [0, 0.1) is 5.92 Å². The summed E-state index contributed by atoms with van der Waals surface area (Å²) in [5.41, 5.74) is 1.25. The number of furan rings is 1. The van der Waals surface area contributed by atoms with Crippen LogP contribution < -0.4 is 0 Å². The van der Waals surface area contributed by atoms with E-state index >= 15 is 0 Å². The van der Waals surface area contributed by atoms with Crippen LogP contribution in [-0.2, 0) is 16.0 Å². The molecule has 4 nitrogen and oxygen atoms in total. The minimum atomic E-state index is 0.320. The molecule has 0 aromatic carbocycles. The fourth-order valence-electron chi connectivity index (χ4n) is 3.43. The third kappa shape index (κ3) is 2.97. The van der Waals surface area contributed by atoms with Gasteiger partial charge in [0.1, 0.15) is 0 Å². The van der Waals surface area contributed by atoms with Gasteiger partial charge in [-0.3, -0.25) is 4.90 Å². The van der Waals surface area contributed by atoms with Crippen molar-refractivity contribution in [1.29, 1.82) is 0 Å². The molecule has 2 aliphatic rings. The molecule has 4 heteroatoms. The third-order valence-electron chi connectivity index (χ3n) is 4.37. The predicted molar refractivity (Wildman–Crippen MR) is 76.4 cm³/mol. The minimum absolute atomic E-state index is 0.320. The molecule has 1 saturated carbocycles. The molecule has 2 fully saturated rings. The van der Waals surface area contributed by atoms with Gasteiger partial charge in [0, 0.05) is 30.6 Å². The first-order chi connectivity index (χ1) is 9.88. The Labute approximate surface area is 120 Å². The highest BCUT2D eigenvalue weighted by atomic mass is 16.5. The van der Waals surface area contributed by atoms with E-state index in [1.54, 1.807) is 12.3 Å². The Kier molecular flexibility index (Phi) is 4.55. The van der Waals surface area contributed by atoms with Crippen LogP contribution in [0.4, 0.5) is 0 Å². The lowest BCUT2D eigenvalue weighted by Crippen LogP contribution is -2.50. The highest BCUT2D eigenvalue weighted by Gasteiger charge is 2.42. The molecular formula is C16H23NO3. The van der Waals surface area contributed by atoms with E-state index < -0.39 is 0 Å².